The van der Waals surface area contributed by atoms with Gasteiger partial charge in [-0.3, -0.25) is 0 Å². The molecule has 54 valence electrons. The van der Waals surface area contributed by atoms with Crippen LogP contribution >= 0.6 is 31.9 Å². The van der Waals surface area contributed by atoms with E-state index >= 15 is 0 Å². The van der Waals surface area contributed by atoms with Gasteiger partial charge in [0.2, 0.25) is 0 Å². The van der Waals surface area contributed by atoms with Gasteiger partial charge in [-0.05, 0) is 62.9 Å². The van der Waals surface area contributed by atoms with Crippen LogP contribution in [0.25, 0.3) is 0 Å². The van der Waals surface area contributed by atoms with Gasteiger partial charge < -0.3 is 0 Å². The van der Waals surface area contributed by atoms with Gasteiger partial charge in [-0.1, -0.05) is 6.07 Å². The summed E-state index contributed by atoms with van der Waals surface area (Å²) in [5.74, 6) is 0. The molecule has 0 saturated heterocycles. The summed E-state index contributed by atoms with van der Waals surface area (Å²) < 4.78 is 2.28. The van der Waals surface area contributed by atoms with Gasteiger partial charge in [0.05, 0.1) is 0 Å². The zero-order valence-corrected chi connectivity index (χ0v) is 9.08. The zero-order valence-electron chi connectivity index (χ0n) is 5.91. The van der Waals surface area contributed by atoms with E-state index in [1.165, 1.54) is 11.1 Å². The van der Waals surface area contributed by atoms with Crippen LogP contribution in [0.5, 0.6) is 0 Å². The summed E-state index contributed by atoms with van der Waals surface area (Å²) in [6, 6.07) is 4.15. The van der Waals surface area contributed by atoms with Crippen LogP contribution in [0.4, 0.5) is 0 Å². The highest BCUT2D eigenvalue weighted by molar-refractivity contribution is 9.13. The molecule has 0 heterocycles. The predicted molar refractivity (Wildman–Crippen MR) is 51.3 cm³/mol. The van der Waals surface area contributed by atoms with Crippen LogP contribution in [0.2, 0.25) is 0 Å². The van der Waals surface area contributed by atoms with Gasteiger partial charge in [-0.2, -0.15) is 0 Å². The van der Waals surface area contributed by atoms with E-state index in [1.807, 2.05) is 6.07 Å². The van der Waals surface area contributed by atoms with Crippen molar-refractivity contribution >= 4 is 31.9 Å². The molecule has 0 fully saturated rings. The second kappa shape index (κ2) is 3.05. The monoisotopic (exact) mass is 262 g/mol. The van der Waals surface area contributed by atoms with Crippen molar-refractivity contribution in [2.75, 3.05) is 0 Å². The number of hydrogen-bond donors (Lipinski definition) is 0. The zero-order chi connectivity index (χ0) is 7.72. The second-order valence-electron chi connectivity index (χ2n) is 2.30. The summed E-state index contributed by atoms with van der Waals surface area (Å²) in [5, 5.41) is 0. The molecular formula is C8H8Br2. The third kappa shape index (κ3) is 1.43. The van der Waals surface area contributed by atoms with Crippen LogP contribution in [-0.4, -0.2) is 0 Å². The molecule has 1 aromatic rings. The molecule has 10 heavy (non-hydrogen) atoms. The van der Waals surface area contributed by atoms with Crippen molar-refractivity contribution in [1.29, 1.82) is 0 Å². The molecule has 0 amide bonds. The van der Waals surface area contributed by atoms with E-state index in [0.717, 1.165) is 8.95 Å². The smallest absolute Gasteiger partial charge is 0.0349 e. The Balaban J connectivity index is 3.34. The lowest BCUT2D eigenvalue weighted by Gasteiger charge is -2.03. The molecule has 0 unspecified atom stereocenters. The lowest BCUT2D eigenvalue weighted by Crippen LogP contribution is -1.82. The maximum absolute atomic E-state index is 3.48. The first kappa shape index (κ1) is 8.28. The number of aryl methyl sites for hydroxylation is 1. The summed E-state index contributed by atoms with van der Waals surface area (Å²) >= 11 is 6.92. The van der Waals surface area contributed by atoms with Crippen LogP contribution in [0, 0.1) is 13.8 Å². The number of benzene rings is 1. The molecule has 0 aliphatic heterocycles. The van der Waals surface area contributed by atoms with Crippen molar-refractivity contribution in [2.24, 2.45) is 0 Å². The van der Waals surface area contributed by atoms with Gasteiger partial charge in [0.1, 0.15) is 0 Å². The fourth-order valence-corrected chi connectivity index (χ4v) is 1.62. The topological polar surface area (TPSA) is 0 Å². The van der Waals surface area contributed by atoms with E-state index in [4.69, 9.17) is 0 Å². The van der Waals surface area contributed by atoms with Crippen molar-refractivity contribution < 1.29 is 0 Å². The summed E-state index contributed by atoms with van der Waals surface area (Å²) in [5.41, 5.74) is 2.62. The summed E-state index contributed by atoms with van der Waals surface area (Å²) in [6.07, 6.45) is 0. The second-order valence-corrected chi connectivity index (χ2v) is 3.95. The Morgan fingerprint density at radius 2 is 1.70 bits per heavy atom. The fourth-order valence-electron chi connectivity index (χ4n) is 0.749. The van der Waals surface area contributed by atoms with Gasteiger partial charge in [0.25, 0.3) is 0 Å². The maximum atomic E-state index is 3.48. The highest BCUT2D eigenvalue weighted by atomic mass is 79.9. The van der Waals surface area contributed by atoms with E-state index in [9.17, 15) is 0 Å². The molecule has 0 aromatic heterocycles. The molecule has 0 nitrogen and oxygen atoms in total. The minimum absolute atomic E-state index is 1.12. The SMILES string of the molecule is Cc1ccc(Br)c(Br)c1C. The first-order chi connectivity index (χ1) is 4.63. The van der Waals surface area contributed by atoms with Crippen LogP contribution in [-0.2, 0) is 0 Å². The molecule has 0 atom stereocenters. The van der Waals surface area contributed by atoms with Crippen LogP contribution < -0.4 is 0 Å². The van der Waals surface area contributed by atoms with Crippen molar-refractivity contribution in [3.05, 3.63) is 32.2 Å². The molecule has 0 spiro atoms. The highest BCUT2D eigenvalue weighted by Gasteiger charge is 2.00. The van der Waals surface area contributed by atoms with Crippen LogP contribution in [0.3, 0.4) is 0 Å². The summed E-state index contributed by atoms with van der Waals surface area (Å²) in [6.45, 7) is 4.21. The molecule has 0 aliphatic rings. The number of halogens is 2. The van der Waals surface area contributed by atoms with Gasteiger partial charge in [-0.15, -0.1) is 0 Å². The molecule has 0 radical (unpaired) electrons. The average Bonchev–Trinajstić information content (AvgIpc) is 1.93. The molecule has 0 saturated carbocycles. The van der Waals surface area contributed by atoms with Crippen LogP contribution in [0.15, 0.2) is 21.1 Å². The molecular weight excluding hydrogens is 256 g/mol. The first-order valence-corrected chi connectivity index (χ1v) is 4.62. The Hall–Kier alpha value is 0.180. The maximum Gasteiger partial charge on any atom is 0.0349 e. The fraction of sp³-hybridized carbons (Fsp3) is 0.250. The van der Waals surface area contributed by atoms with E-state index < -0.39 is 0 Å². The summed E-state index contributed by atoms with van der Waals surface area (Å²) in [4.78, 5) is 0. The van der Waals surface area contributed by atoms with Gasteiger partial charge in [-0.25, -0.2) is 0 Å². The standard InChI is InChI=1S/C8H8Br2/c1-5-3-4-7(9)8(10)6(5)2/h3-4H,1-2H3. The normalized spacial score (nSPS) is 10.0. The van der Waals surface area contributed by atoms with Gasteiger partial charge in [0, 0.05) is 8.95 Å². The van der Waals surface area contributed by atoms with Gasteiger partial charge in [0.15, 0.2) is 0 Å². The quantitative estimate of drug-likeness (QED) is 0.668. The highest BCUT2D eigenvalue weighted by Crippen LogP contribution is 2.27. The van der Waals surface area contributed by atoms with E-state index in [0.29, 0.717) is 0 Å². The van der Waals surface area contributed by atoms with Crippen molar-refractivity contribution in [3.8, 4) is 0 Å². The van der Waals surface area contributed by atoms with Gasteiger partial charge >= 0.3 is 0 Å². The lowest BCUT2D eigenvalue weighted by atomic mass is 10.1. The molecule has 1 rings (SSSR count). The molecule has 0 N–H and O–H groups in total. The Labute approximate surface area is 77.9 Å². The van der Waals surface area contributed by atoms with Crippen LogP contribution in [0.1, 0.15) is 11.1 Å². The molecule has 2 heteroatoms. The Morgan fingerprint density at radius 3 is 2.20 bits per heavy atom. The van der Waals surface area contributed by atoms with Crippen molar-refractivity contribution in [2.45, 2.75) is 13.8 Å². The third-order valence-corrected chi connectivity index (χ3v) is 3.82. The molecule has 0 bridgehead atoms. The Bertz CT molecular complexity index is 227. The first-order valence-electron chi connectivity index (χ1n) is 3.04. The largest absolute Gasteiger partial charge is 0.0579 e. The van der Waals surface area contributed by atoms with E-state index in [1.54, 1.807) is 0 Å². The van der Waals surface area contributed by atoms with E-state index in [-0.39, 0.29) is 0 Å². The predicted octanol–water partition coefficient (Wildman–Crippen LogP) is 3.83. The number of hydrogen-bond acceptors (Lipinski definition) is 0. The summed E-state index contributed by atoms with van der Waals surface area (Å²) in [7, 11) is 0. The average molecular weight is 264 g/mol. The van der Waals surface area contributed by atoms with E-state index in [2.05, 4.69) is 51.8 Å². The van der Waals surface area contributed by atoms with Crippen molar-refractivity contribution in [1.82, 2.24) is 0 Å². The Kier molecular flexibility index (Phi) is 2.53. The molecule has 1 aromatic carbocycles. The Morgan fingerprint density at radius 1 is 1.10 bits per heavy atom. The van der Waals surface area contributed by atoms with Crippen molar-refractivity contribution in [3.63, 3.8) is 0 Å². The molecule has 0 aliphatic carbocycles. The minimum Gasteiger partial charge on any atom is -0.0579 e. The minimum atomic E-state index is 1.12. The number of rotatable bonds is 0. The lowest BCUT2D eigenvalue weighted by molar-refractivity contribution is 1.30. The third-order valence-electron chi connectivity index (χ3n) is 1.61.